The highest BCUT2D eigenvalue weighted by molar-refractivity contribution is 6.36. The number of nitrogen functional groups attached to an aromatic ring is 1. The van der Waals surface area contributed by atoms with E-state index in [4.69, 9.17) is 33.7 Å². The molecule has 0 fully saturated rings. The average Bonchev–Trinajstić information content (AvgIpc) is 3.48. The van der Waals surface area contributed by atoms with Crippen molar-refractivity contribution in [3.63, 3.8) is 0 Å². The number of hydrogen-bond acceptors (Lipinski definition) is 5. The average molecular weight is 562 g/mol. The van der Waals surface area contributed by atoms with Crippen LogP contribution in [0.15, 0.2) is 91.6 Å². The molecular formula is C29H22Cl2FN5O2. The van der Waals surface area contributed by atoms with Crippen LogP contribution in [0.25, 0.3) is 16.8 Å². The molecule has 7 nitrogen and oxygen atoms in total. The van der Waals surface area contributed by atoms with Crippen LogP contribution in [0.3, 0.4) is 0 Å². The van der Waals surface area contributed by atoms with E-state index in [1.54, 1.807) is 56.0 Å². The SMILES string of the molecule is CC(Oc1cc(-c2ccc(C(=O)Nc3ccc(-n4ccnc4)cc3)cc2)cnc1N)c1c(Cl)ccc(F)c1Cl. The van der Waals surface area contributed by atoms with Gasteiger partial charge >= 0.3 is 0 Å². The first-order chi connectivity index (χ1) is 18.8. The lowest BCUT2D eigenvalue weighted by Crippen LogP contribution is -2.11. The van der Waals surface area contributed by atoms with E-state index in [-0.39, 0.29) is 27.5 Å². The summed E-state index contributed by atoms with van der Waals surface area (Å²) in [5, 5.41) is 3.06. The number of anilines is 2. The molecule has 5 aromatic rings. The topological polar surface area (TPSA) is 95.1 Å². The minimum absolute atomic E-state index is 0.110. The van der Waals surface area contributed by atoms with Gasteiger partial charge in [0.05, 0.1) is 11.3 Å². The number of hydrogen-bond donors (Lipinski definition) is 2. The summed E-state index contributed by atoms with van der Waals surface area (Å²) >= 11 is 12.4. The summed E-state index contributed by atoms with van der Waals surface area (Å²) in [7, 11) is 0. The van der Waals surface area contributed by atoms with Crippen molar-refractivity contribution in [1.82, 2.24) is 14.5 Å². The van der Waals surface area contributed by atoms with E-state index in [0.717, 1.165) is 11.3 Å². The van der Waals surface area contributed by atoms with Gasteiger partial charge in [0.2, 0.25) is 0 Å². The van der Waals surface area contributed by atoms with Crippen LogP contribution in [-0.4, -0.2) is 20.4 Å². The Kier molecular flexibility index (Phi) is 7.49. The molecule has 1 atom stereocenters. The van der Waals surface area contributed by atoms with Gasteiger partial charge in [-0.25, -0.2) is 14.4 Å². The second-order valence-corrected chi connectivity index (χ2v) is 9.46. The third kappa shape index (κ3) is 5.72. The smallest absolute Gasteiger partial charge is 0.255 e. The highest BCUT2D eigenvalue weighted by Crippen LogP contribution is 2.37. The number of amides is 1. The van der Waals surface area contributed by atoms with Crippen LogP contribution in [0.1, 0.15) is 28.9 Å². The van der Waals surface area contributed by atoms with Crippen LogP contribution in [-0.2, 0) is 0 Å². The maximum atomic E-state index is 14.0. The van der Waals surface area contributed by atoms with Crippen LogP contribution >= 0.6 is 23.2 Å². The fourth-order valence-electron chi connectivity index (χ4n) is 4.02. The third-order valence-electron chi connectivity index (χ3n) is 6.08. The number of carbonyl (C=O) groups is 1. The van der Waals surface area contributed by atoms with Crippen molar-refractivity contribution < 1.29 is 13.9 Å². The van der Waals surface area contributed by atoms with Crippen molar-refractivity contribution in [2.75, 3.05) is 11.1 Å². The van der Waals surface area contributed by atoms with Crippen molar-refractivity contribution >= 4 is 40.6 Å². The molecule has 0 spiro atoms. The van der Waals surface area contributed by atoms with Gasteiger partial charge in [-0.1, -0.05) is 35.3 Å². The predicted molar refractivity (Wildman–Crippen MR) is 151 cm³/mol. The predicted octanol–water partition coefficient (Wildman–Crippen LogP) is 7.35. The molecule has 0 bridgehead atoms. The van der Waals surface area contributed by atoms with Gasteiger partial charge in [-0.05, 0) is 67.1 Å². The molecule has 0 radical (unpaired) electrons. The number of pyridine rings is 1. The molecule has 3 N–H and O–H groups in total. The highest BCUT2D eigenvalue weighted by Gasteiger charge is 2.20. The Morgan fingerprint density at radius 1 is 1.05 bits per heavy atom. The van der Waals surface area contributed by atoms with Gasteiger partial charge in [0, 0.05) is 51.7 Å². The van der Waals surface area contributed by atoms with Crippen LogP contribution in [0.2, 0.25) is 10.0 Å². The fraction of sp³-hybridized carbons (Fsp3) is 0.0690. The van der Waals surface area contributed by atoms with Gasteiger partial charge < -0.3 is 20.4 Å². The lowest BCUT2D eigenvalue weighted by molar-refractivity contribution is 0.102. The zero-order valence-corrected chi connectivity index (χ0v) is 22.1. The van der Waals surface area contributed by atoms with Gasteiger partial charge in [0.15, 0.2) is 11.6 Å². The summed E-state index contributed by atoms with van der Waals surface area (Å²) in [4.78, 5) is 21.1. The van der Waals surface area contributed by atoms with Gasteiger partial charge in [0.25, 0.3) is 5.91 Å². The highest BCUT2D eigenvalue weighted by atomic mass is 35.5. The molecule has 1 amide bonds. The van der Waals surface area contributed by atoms with E-state index in [1.165, 1.54) is 12.1 Å². The van der Waals surface area contributed by atoms with Crippen LogP contribution in [0.5, 0.6) is 5.75 Å². The zero-order chi connectivity index (χ0) is 27.5. The van der Waals surface area contributed by atoms with Crippen LogP contribution in [0.4, 0.5) is 15.9 Å². The van der Waals surface area contributed by atoms with E-state index in [2.05, 4.69) is 15.3 Å². The molecule has 5 rings (SSSR count). The lowest BCUT2D eigenvalue weighted by atomic mass is 10.0. The Morgan fingerprint density at radius 3 is 2.49 bits per heavy atom. The van der Waals surface area contributed by atoms with E-state index < -0.39 is 11.9 Å². The monoisotopic (exact) mass is 561 g/mol. The number of halogens is 3. The van der Waals surface area contributed by atoms with Crippen molar-refractivity contribution in [2.24, 2.45) is 0 Å². The molecule has 10 heteroatoms. The number of nitrogens with two attached hydrogens (primary N) is 1. The molecule has 3 aromatic carbocycles. The number of nitrogens with zero attached hydrogens (tertiary/aromatic N) is 3. The Balaban J connectivity index is 1.29. The molecule has 0 saturated carbocycles. The second-order valence-electron chi connectivity index (χ2n) is 8.67. The Hall–Kier alpha value is -4.40. The first-order valence-electron chi connectivity index (χ1n) is 11.9. The zero-order valence-electron chi connectivity index (χ0n) is 20.6. The van der Waals surface area contributed by atoms with Crippen LogP contribution in [0, 0.1) is 5.82 Å². The van der Waals surface area contributed by atoms with Crippen molar-refractivity contribution in [3.05, 3.63) is 119 Å². The Labute approximate surface area is 234 Å². The maximum Gasteiger partial charge on any atom is 0.255 e. The Morgan fingerprint density at radius 2 is 1.79 bits per heavy atom. The molecule has 2 aromatic heterocycles. The minimum atomic E-state index is -0.694. The molecule has 0 aliphatic rings. The summed E-state index contributed by atoms with van der Waals surface area (Å²) in [6.45, 7) is 1.69. The van der Waals surface area contributed by atoms with E-state index >= 15 is 0 Å². The molecule has 0 aliphatic heterocycles. The summed E-state index contributed by atoms with van der Waals surface area (Å²) in [6, 6.07) is 18.8. The largest absolute Gasteiger partial charge is 0.482 e. The van der Waals surface area contributed by atoms with Crippen LogP contribution < -0.4 is 15.8 Å². The van der Waals surface area contributed by atoms with Crippen molar-refractivity contribution in [1.29, 1.82) is 0 Å². The normalized spacial score (nSPS) is 11.7. The van der Waals surface area contributed by atoms with Gasteiger partial charge in [-0.2, -0.15) is 0 Å². The number of aromatic nitrogens is 3. The fourth-order valence-corrected chi connectivity index (χ4v) is 4.70. The number of rotatable bonds is 7. The summed E-state index contributed by atoms with van der Waals surface area (Å²) in [6.07, 6.45) is 6.16. The number of nitrogens with one attached hydrogen (secondary N) is 1. The third-order valence-corrected chi connectivity index (χ3v) is 6.79. The van der Waals surface area contributed by atoms with E-state index in [9.17, 15) is 9.18 Å². The molecular weight excluding hydrogens is 540 g/mol. The number of ether oxygens (including phenoxy) is 1. The molecule has 1 unspecified atom stereocenters. The first-order valence-corrected chi connectivity index (χ1v) is 12.6. The second kappa shape index (κ2) is 11.1. The summed E-state index contributed by atoms with van der Waals surface area (Å²) < 4.78 is 21.8. The number of benzene rings is 3. The number of carbonyl (C=O) groups excluding carboxylic acids is 1. The first kappa shape index (κ1) is 26.2. The van der Waals surface area contributed by atoms with Crippen molar-refractivity contribution in [2.45, 2.75) is 13.0 Å². The maximum absolute atomic E-state index is 14.0. The van der Waals surface area contributed by atoms with Crippen molar-refractivity contribution in [3.8, 4) is 22.6 Å². The summed E-state index contributed by atoms with van der Waals surface area (Å²) in [5.74, 6) is -0.391. The standard InChI is InChI=1S/C29H22Cl2FN5O2/c1-17(26-23(30)10-11-24(32)27(26)31)39-25-14-20(15-35-28(25)33)18-2-4-19(5-3-18)29(38)36-21-6-8-22(9-7-21)37-13-12-34-16-37/h2-17H,1H3,(H2,33,35)(H,36,38). The Bertz CT molecular complexity index is 1630. The van der Waals surface area contributed by atoms with E-state index in [1.807, 2.05) is 35.0 Å². The summed E-state index contributed by atoms with van der Waals surface area (Å²) in [5.41, 5.74) is 9.96. The van der Waals surface area contributed by atoms with E-state index in [0.29, 0.717) is 22.4 Å². The van der Waals surface area contributed by atoms with Gasteiger partial charge in [0.1, 0.15) is 11.9 Å². The quantitative estimate of drug-likeness (QED) is 0.202. The molecule has 2 heterocycles. The molecule has 39 heavy (non-hydrogen) atoms. The number of imidazole rings is 1. The lowest BCUT2D eigenvalue weighted by Gasteiger charge is -2.19. The molecule has 0 saturated heterocycles. The van der Waals surface area contributed by atoms with Gasteiger partial charge in [-0.15, -0.1) is 0 Å². The van der Waals surface area contributed by atoms with Gasteiger partial charge in [-0.3, -0.25) is 4.79 Å². The molecule has 196 valence electrons. The minimum Gasteiger partial charge on any atom is -0.482 e. The molecule has 0 aliphatic carbocycles.